The molecule has 1 aromatic heterocycles. The predicted octanol–water partition coefficient (Wildman–Crippen LogP) is 2.23. The van der Waals surface area contributed by atoms with Gasteiger partial charge in [-0.25, -0.2) is 4.98 Å². The monoisotopic (exact) mass is 220 g/mol. The number of nitrogens with one attached hydrogen (secondary N) is 1. The van der Waals surface area contributed by atoms with Crippen molar-refractivity contribution >= 4 is 28.1 Å². The zero-order valence-electron chi connectivity index (χ0n) is 7.62. The van der Waals surface area contributed by atoms with E-state index in [1.54, 1.807) is 5.38 Å². The summed E-state index contributed by atoms with van der Waals surface area (Å²) in [6, 6.07) is 0.0437. The third-order valence-corrected chi connectivity index (χ3v) is 2.88. The van der Waals surface area contributed by atoms with Crippen molar-refractivity contribution in [2.75, 3.05) is 11.9 Å². The van der Waals surface area contributed by atoms with Gasteiger partial charge in [0.1, 0.15) is 5.15 Å². The number of hydrogen-bond donors (Lipinski definition) is 2. The summed E-state index contributed by atoms with van der Waals surface area (Å²) >= 11 is 7.11. The van der Waals surface area contributed by atoms with Crippen molar-refractivity contribution in [3.63, 3.8) is 0 Å². The van der Waals surface area contributed by atoms with E-state index in [2.05, 4.69) is 10.3 Å². The highest BCUT2D eigenvalue weighted by atomic mass is 35.5. The van der Waals surface area contributed by atoms with E-state index in [-0.39, 0.29) is 12.6 Å². The third-order valence-electron chi connectivity index (χ3n) is 1.79. The number of thiazole rings is 1. The van der Waals surface area contributed by atoms with Crippen LogP contribution in [0.15, 0.2) is 5.38 Å². The van der Waals surface area contributed by atoms with Gasteiger partial charge in [0.2, 0.25) is 0 Å². The Morgan fingerprint density at radius 3 is 2.77 bits per heavy atom. The number of anilines is 1. The van der Waals surface area contributed by atoms with Gasteiger partial charge in [0.15, 0.2) is 5.13 Å². The Bertz CT molecular complexity index is 264. The Hall–Kier alpha value is -0.320. The van der Waals surface area contributed by atoms with Crippen LogP contribution in [0.25, 0.3) is 0 Å². The van der Waals surface area contributed by atoms with Crippen LogP contribution in [0.1, 0.15) is 13.8 Å². The number of hydrogen-bond acceptors (Lipinski definition) is 4. The molecule has 0 amide bonds. The highest BCUT2D eigenvalue weighted by Gasteiger charge is 2.12. The van der Waals surface area contributed by atoms with Gasteiger partial charge < -0.3 is 10.4 Å². The summed E-state index contributed by atoms with van der Waals surface area (Å²) in [6.07, 6.45) is 0. The molecule has 1 atom stereocenters. The smallest absolute Gasteiger partial charge is 0.184 e. The molecule has 1 rings (SSSR count). The van der Waals surface area contributed by atoms with Crippen LogP contribution in [0.4, 0.5) is 5.13 Å². The van der Waals surface area contributed by atoms with Crippen LogP contribution in [0.3, 0.4) is 0 Å². The molecule has 5 heteroatoms. The Balaban J connectivity index is 2.56. The van der Waals surface area contributed by atoms with E-state index in [1.807, 2.05) is 13.8 Å². The standard InChI is InChI=1S/C8H13ClN2OS/c1-5(2)6(3-12)10-8-11-7(9)4-13-8/h4-6,12H,3H2,1-2H3,(H,10,11)/t6-/m1/s1. The summed E-state index contributed by atoms with van der Waals surface area (Å²) in [7, 11) is 0. The van der Waals surface area contributed by atoms with Gasteiger partial charge in [0.25, 0.3) is 0 Å². The Kier molecular flexibility index (Phi) is 3.96. The molecule has 0 saturated heterocycles. The summed E-state index contributed by atoms with van der Waals surface area (Å²) in [5.74, 6) is 0.368. The lowest BCUT2D eigenvalue weighted by atomic mass is 10.1. The number of aromatic nitrogens is 1. The molecule has 0 unspecified atom stereocenters. The van der Waals surface area contributed by atoms with Crippen LogP contribution in [-0.4, -0.2) is 22.7 Å². The van der Waals surface area contributed by atoms with Gasteiger partial charge in [0.05, 0.1) is 12.6 Å². The van der Waals surface area contributed by atoms with Crippen molar-refractivity contribution in [1.29, 1.82) is 0 Å². The Morgan fingerprint density at radius 2 is 2.38 bits per heavy atom. The zero-order chi connectivity index (χ0) is 9.84. The lowest BCUT2D eigenvalue weighted by Crippen LogP contribution is -2.29. The molecule has 0 aliphatic heterocycles. The van der Waals surface area contributed by atoms with Gasteiger partial charge >= 0.3 is 0 Å². The molecule has 0 fully saturated rings. The van der Waals surface area contributed by atoms with E-state index in [1.165, 1.54) is 11.3 Å². The van der Waals surface area contributed by atoms with Crippen molar-refractivity contribution in [1.82, 2.24) is 4.98 Å². The molecule has 0 saturated carbocycles. The molecule has 0 radical (unpaired) electrons. The number of halogens is 1. The van der Waals surface area contributed by atoms with Crippen molar-refractivity contribution < 1.29 is 5.11 Å². The average molecular weight is 221 g/mol. The second kappa shape index (κ2) is 4.79. The molecule has 13 heavy (non-hydrogen) atoms. The highest BCUT2D eigenvalue weighted by molar-refractivity contribution is 7.14. The Morgan fingerprint density at radius 1 is 1.69 bits per heavy atom. The molecule has 2 N–H and O–H groups in total. The molecule has 0 aliphatic rings. The first-order chi connectivity index (χ1) is 6.13. The maximum atomic E-state index is 9.05. The van der Waals surface area contributed by atoms with Gasteiger partial charge in [-0.1, -0.05) is 25.4 Å². The van der Waals surface area contributed by atoms with Crippen LogP contribution >= 0.6 is 22.9 Å². The van der Waals surface area contributed by atoms with Gasteiger partial charge in [-0.05, 0) is 5.92 Å². The summed E-state index contributed by atoms with van der Waals surface area (Å²) in [4.78, 5) is 4.04. The minimum Gasteiger partial charge on any atom is -0.394 e. The highest BCUT2D eigenvalue weighted by Crippen LogP contribution is 2.20. The number of rotatable bonds is 4. The average Bonchev–Trinajstić information content (AvgIpc) is 2.46. The van der Waals surface area contributed by atoms with Crippen molar-refractivity contribution in [2.24, 2.45) is 5.92 Å². The molecule has 1 aromatic rings. The quantitative estimate of drug-likeness (QED) is 0.818. The fourth-order valence-electron chi connectivity index (χ4n) is 0.902. The topological polar surface area (TPSA) is 45.1 Å². The lowest BCUT2D eigenvalue weighted by Gasteiger charge is -2.18. The van der Waals surface area contributed by atoms with E-state index in [0.29, 0.717) is 11.1 Å². The predicted molar refractivity (Wildman–Crippen MR) is 56.5 cm³/mol. The molecule has 0 aliphatic carbocycles. The molecule has 0 aromatic carbocycles. The fourth-order valence-corrected chi connectivity index (χ4v) is 1.80. The summed E-state index contributed by atoms with van der Waals surface area (Å²) in [6.45, 7) is 4.20. The van der Waals surface area contributed by atoms with E-state index in [9.17, 15) is 0 Å². The number of aliphatic hydroxyl groups excluding tert-OH is 1. The molecule has 3 nitrogen and oxygen atoms in total. The normalized spacial score (nSPS) is 13.3. The third kappa shape index (κ3) is 3.14. The molecular formula is C8H13ClN2OS. The lowest BCUT2D eigenvalue weighted by molar-refractivity contribution is 0.249. The van der Waals surface area contributed by atoms with Gasteiger partial charge in [-0.3, -0.25) is 0 Å². The molecule has 0 bridgehead atoms. The SMILES string of the molecule is CC(C)[C@@H](CO)Nc1nc(Cl)cs1. The van der Waals surface area contributed by atoms with Crippen LogP contribution in [-0.2, 0) is 0 Å². The number of nitrogens with zero attached hydrogens (tertiary/aromatic N) is 1. The fraction of sp³-hybridized carbons (Fsp3) is 0.625. The van der Waals surface area contributed by atoms with E-state index < -0.39 is 0 Å². The van der Waals surface area contributed by atoms with E-state index >= 15 is 0 Å². The minimum absolute atomic E-state index is 0.0437. The summed E-state index contributed by atoms with van der Waals surface area (Å²) in [5.41, 5.74) is 0. The van der Waals surface area contributed by atoms with Gasteiger partial charge in [-0.2, -0.15) is 0 Å². The van der Waals surface area contributed by atoms with Crippen molar-refractivity contribution in [3.8, 4) is 0 Å². The number of aliphatic hydroxyl groups is 1. The maximum absolute atomic E-state index is 9.05. The molecular weight excluding hydrogens is 208 g/mol. The largest absolute Gasteiger partial charge is 0.394 e. The second-order valence-electron chi connectivity index (χ2n) is 3.15. The first kappa shape index (κ1) is 10.8. The van der Waals surface area contributed by atoms with E-state index in [4.69, 9.17) is 16.7 Å². The van der Waals surface area contributed by atoms with Crippen LogP contribution in [0.5, 0.6) is 0 Å². The van der Waals surface area contributed by atoms with Crippen molar-refractivity contribution in [3.05, 3.63) is 10.5 Å². The Labute approximate surface area is 86.8 Å². The van der Waals surface area contributed by atoms with E-state index in [0.717, 1.165) is 5.13 Å². The minimum atomic E-state index is 0.0437. The molecule has 74 valence electrons. The van der Waals surface area contributed by atoms with Crippen LogP contribution < -0.4 is 5.32 Å². The summed E-state index contributed by atoms with van der Waals surface area (Å²) in [5, 5.41) is 15.2. The summed E-state index contributed by atoms with van der Waals surface area (Å²) < 4.78 is 0. The van der Waals surface area contributed by atoms with Gasteiger partial charge in [-0.15, -0.1) is 11.3 Å². The van der Waals surface area contributed by atoms with Gasteiger partial charge in [0, 0.05) is 5.38 Å². The second-order valence-corrected chi connectivity index (χ2v) is 4.40. The first-order valence-electron chi connectivity index (χ1n) is 4.12. The van der Waals surface area contributed by atoms with Crippen molar-refractivity contribution in [2.45, 2.75) is 19.9 Å². The first-order valence-corrected chi connectivity index (χ1v) is 5.37. The molecule has 1 heterocycles. The van der Waals surface area contributed by atoms with Crippen LogP contribution in [0, 0.1) is 5.92 Å². The zero-order valence-corrected chi connectivity index (χ0v) is 9.19. The maximum Gasteiger partial charge on any atom is 0.184 e. The molecule has 0 spiro atoms. The van der Waals surface area contributed by atoms with Crippen LogP contribution in [0.2, 0.25) is 5.15 Å².